The normalized spacial score (nSPS) is 10.1. The third kappa shape index (κ3) is 1.79. The number of carbonyl (C=O) groups excluding carboxylic acids is 1. The third-order valence-electron chi connectivity index (χ3n) is 2.04. The monoisotopic (exact) mass is 237 g/mol. The number of esters is 1. The first kappa shape index (κ1) is 10.7. The molecule has 0 N–H and O–H groups in total. The molecule has 0 saturated carbocycles. The summed E-state index contributed by atoms with van der Waals surface area (Å²) in [4.78, 5) is 15.6. The Labute approximate surface area is 96.8 Å². The summed E-state index contributed by atoms with van der Waals surface area (Å²) in [5.41, 5.74) is 0.589. The van der Waals surface area contributed by atoms with Gasteiger partial charge in [0.15, 0.2) is 5.76 Å². The summed E-state index contributed by atoms with van der Waals surface area (Å²) >= 11 is 5.94. The summed E-state index contributed by atoms with van der Waals surface area (Å²) in [5, 5.41) is 0.285. The molecule has 0 unspecified atom stereocenters. The molecule has 0 aliphatic heterocycles. The Hall–Kier alpha value is -1.81. The molecular weight excluding hydrogens is 230 g/mol. The van der Waals surface area contributed by atoms with Gasteiger partial charge in [0.1, 0.15) is 11.3 Å². The SMILES string of the molecule is COC(=O)c1c(Cl)ccnc1-c1ccco1. The van der Waals surface area contributed by atoms with Crippen LogP contribution in [-0.2, 0) is 4.74 Å². The van der Waals surface area contributed by atoms with Crippen LogP contribution in [0.5, 0.6) is 0 Å². The summed E-state index contributed by atoms with van der Waals surface area (Å²) in [6.45, 7) is 0. The highest BCUT2D eigenvalue weighted by atomic mass is 35.5. The highest BCUT2D eigenvalue weighted by Gasteiger charge is 2.19. The minimum absolute atomic E-state index is 0.210. The van der Waals surface area contributed by atoms with Crippen LogP contribution in [0.3, 0.4) is 0 Å². The van der Waals surface area contributed by atoms with E-state index >= 15 is 0 Å². The fourth-order valence-corrected chi connectivity index (χ4v) is 1.56. The van der Waals surface area contributed by atoms with Gasteiger partial charge >= 0.3 is 5.97 Å². The van der Waals surface area contributed by atoms with E-state index in [1.807, 2.05) is 0 Å². The average molecular weight is 238 g/mol. The second-order valence-corrected chi connectivity index (χ2v) is 3.39. The molecule has 5 heteroatoms. The van der Waals surface area contributed by atoms with E-state index in [0.29, 0.717) is 11.5 Å². The van der Waals surface area contributed by atoms with Crippen LogP contribution in [0.15, 0.2) is 35.1 Å². The van der Waals surface area contributed by atoms with E-state index in [2.05, 4.69) is 9.72 Å². The molecule has 0 radical (unpaired) electrons. The minimum atomic E-state index is -0.537. The summed E-state index contributed by atoms with van der Waals surface area (Å²) < 4.78 is 9.83. The number of pyridine rings is 1. The number of aromatic nitrogens is 1. The van der Waals surface area contributed by atoms with Crippen molar-refractivity contribution in [1.82, 2.24) is 4.98 Å². The second kappa shape index (κ2) is 4.37. The predicted octanol–water partition coefficient (Wildman–Crippen LogP) is 2.78. The van der Waals surface area contributed by atoms with Gasteiger partial charge in [-0.05, 0) is 18.2 Å². The highest BCUT2D eigenvalue weighted by Crippen LogP contribution is 2.27. The first-order chi connectivity index (χ1) is 7.74. The smallest absolute Gasteiger partial charge is 0.341 e. The van der Waals surface area contributed by atoms with Crippen molar-refractivity contribution in [2.75, 3.05) is 7.11 Å². The van der Waals surface area contributed by atoms with Crippen LogP contribution in [0.1, 0.15) is 10.4 Å². The molecular formula is C11H8ClNO3. The molecule has 82 valence electrons. The Morgan fingerprint density at radius 2 is 2.31 bits per heavy atom. The lowest BCUT2D eigenvalue weighted by Gasteiger charge is -2.05. The Kier molecular flexibility index (Phi) is 2.92. The van der Waals surface area contributed by atoms with Gasteiger partial charge in [0, 0.05) is 6.20 Å². The number of furan rings is 1. The number of ether oxygens (including phenoxy) is 1. The van der Waals surface area contributed by atoms with Crippen molar-refractivity contribution < 1.29 is 13.9 Å². The van der Waals surface area contributed by atoms with Gasteiger partial charge in [-0.3, -0.25) is 4.98 Å². The molecule has 0 fully saturated rings. The fraction of sp³-hybridized carbons (Fsp3) is 0.0909. The lowest BCUT2D eigenvalue weighted by Crippen LogP contribution is -2.05. The van der Waals surface area contributed by atoms with Gasteiger partial charge in [-0.25, -0.2) is 4.79 Å². The van der Waals surface area contributed by atoms with Crippen molar-refractivity contribution in [3.63, 3.8) is 0 Å². The van der Waals surface area contributed by atoms with E-state index in [0.717, 1.165) is 0 Å². The maximum Gasteiger partial charge on any atom is 0.341 e. The van der Waals surface area contributed by atoms with Crippen molar-refractivity contribution in [1.29, 1.82) is 0 Å². The predicted molar refractivity (Wildman–Crippen MR) is 58.3 cm³/mol. The quantitative estimate of drug-likeness (QED) is 0.754. The number of hydrogen-bond donors (Lipinski definition) is 0. The number of hydrogen-bond acceptors (Lipinski definition) is 4. The lowest BCUT2D eigenvalue weighted by atomic mass is 10.1. The largest absolute Gasteiger partial charge is 0.465 e. The van der Waals surface area contributed by atoms with E-state index in [4.69, 9.17) is 16.0 Å². The number of rotatable bonds is 2. The Balaban J connectivity index is 2.62. The number of halogens is 1. The zero-order valence-corrected chi connectivity index (χ0v) is 9.19. The fourth-order valence-electron chi connectivity index (χ4n) is 1.33. The molecule has 16 heavy (non-hydrogen) atoms. The van der Waals surface area contributed by atoms with E-state index in [9.17, 15) is 4.79 Å². The Bertz CT molecular complexity index is 508. The number of nitrogens with zero attached hydrogens (tertiary/aromatic N) is 1. The van der Waals surface area contributed by atoms with Gasteiger partial charge in [0.2, 0.25) is 0 Å². The molecule has 2 aromatic rings. The van der Waals surface area contributed by atoms with Gasteiger partial charge in [-0.2, -0.15) is 0 Å². The molecule has 0 saturated heterocycles. The maximum atomic E-state index is 11.6. The van der Waals surface area contributed by atoms with Gasteiger partial charge in [-0.15, -0.1) is 0 Å². The van der Waals surface area contributed by atoms with Crippen molar-refractivity contribution in [3.05, 3.63) is 41.2 Å². The van der Waals surface area contributed by atoms with Crippen LogP contribution in [0, 0.1) is 0 Å². The molecule has 0 spiro atoms. The molecule has 0 aromatic carbocycles. The minimum Gasteiger partial charge on any atom is -0.465 e. The molecule has 0 atom stereocenters. The lowest BCUT2D eigenvalue weighted by molar-refractivity contribution is 0.0601. The third-order valence-corrected chi connectivity index (χ3v) is 2.36. The topological polar surface area (TPSA) is 52.3 Å². The summed E-state index contributed by atoms with van der Waals surface area (Å²) in [6, 6.07) is 4.93. The second-order valence-electron chi connectivity index (χ2n) is 2.99. The zero-order valence-electron chi connectivity index (χ0n) is 8.44. The summed E-state index contributed by atoms with van der Waals surface area (Å²) in [7, 11) is 1.29. The molecule has 0 amide bonds. The van der Waals surface area contributed by atoms with E-state index in [-0.39, 0.29) is 10.6 Å². The summed E-state index contributed by atoms with van der Waals surface area (Å²) in [6.07, 6.45) is 3.01. The average Bonchev–Trinajstić information content (AvgIpc) is 2.81. The first-order valence-corrected chi connectivity index (χ1v) is 4.88. The highest BCUT2D eigenvalue weighted by molar-refractivity contribution is 6.34. The first-order valence-electron chi connectivity index (χ1n) is 4.50. The van der Waals surface area contributed by atoms with Crippen molar-refractivity contribution in [2.24, 2.45) is 0 Å². The van der Waals surface area contributed by atoms with Crippen LogP contribution in [0.25, 0.3) is 11.5 Å². The molecule has 0 bridgehead atoms. The van der Waals surface area contributed by atoms with Crippen LogP contribution in [0.4, 0.5) is 0 Å². The Morgan fingerprint density at radius 1 is 1.50 bits per heavy atom. The van der Waals surface area contributed by atoms with E-state index in [1.165, 1.54) is 25.6 Å². The summed E-state index contributed by atoms with van der Waals surface area (Å²) in [5.74, 6) is -0.0626. The zero-order chi connectivity index (χ0) is 11.5. The molecule has 2 aromatic heterocycles. The van der Waals surface area contributed by atoms with Crippen molar-refractivity contribution in [2.45, 2.75) is 0 Å². The number of methoxy groups -OCH3 is 1. The molecule has 0 aliphatic rings. The molecule has 2 heterocycles. The van der Waals surface area contributed by atoms with Crippen LogP contribution in [-0.4, -0.2) is 18.1 Å². The van der Waals surface area contributed by atoms with Crippen LogP contribution < -0.4 is 0 Å². The maximum absolute atomic E-state index is 11.6. The van der Waals surface area contributed by atoms with Gasteiger partial charge in [-0.1, -0.05) is 11.6 Å². The van der Waals surface area contributed by atoms with Gasteiger partial charge in [0.05, 0.1) is 18.4 Å². The van der Waals surface area contributed by atoms with Crippen LogP contribution >= 0.6 is 11.6 Å². The van der Waals surface area contributed by atoms with Gasteiger partial charge in [0.25, 0.3) is 0 Å². The van der Waals surface area contributed by atoms with E-state index < -0.39 is 5.97 Å². The standard InChI is InChI=1S/C11H8ClNO3/c1-15-11(14)9-7(12)4-5-13-10(9)8-3-2-6-16-8/h2-6H,1H3. The number of carbonyl (C=O) groups is 1. The molecule has 4 nitrogen and oxygen atoms in total. The molecule has 2 rings (SSSR count). The van der Waals surface area contributed by atoms with Crippen molar-refractivity contribution in [3.8, 4) is 11.5 Å². The van der Waals surface area contributed by atoms with Crippen molar-refractivity contribution >= 4 is 17.6 Å². The van der Waals surface area contributed by atoms with Gasteiger partial charge < -0.3 is 9.15 Å². The van der Waals surface area contributed by atoms with E-state index in [1.54, 1.807) is 12.1 Å². The Morgan fingerprint density at radius 3 is 2.94 bits per heavy atom. The molecule has 0 aliphatic carbocycles. The van der Waals surface area contributed by atoms with Crippen LogP contribution in [0.2, 0.25) is 5.02 Å².